The molecule has 1 amide bonds. The molecule has 182 valence electrons. The summed E-state index contributed by atoms with van der Waals surface area (Å²) in [6.45, 7) is 5.44. The van der Waals surface area contributed by atoms with Crippen LogP contribution in [0, 0.1) is 13.8 Å². The van der Waals surface area contributed by atoms with Gasteiger partial charge in [-0.15, -0.1) is 0 Å². The molecular weight excluding hydrogens is 485 g/mol. The van der Waals surface area contributed by atoms with Crippen LogP contribution in [0.4, 0.5) is 0 Å². The summed E-state index contributed by atoms with van der Waals surface area (Å²) in [6.07, 6.45) is 0.584. The van der Waals surface area contributed by atoms with Crippen molar-refractivity contribution in [2.24, 2.45) is 0 Å². The highest BCUT2D eigenvalue weighted by molar-refractivity contribution is 6.32. The van der Waals surface area contributed by atoms with E-state index >= 15 is 0 Å². The van der Waals surface area contributed by atoms with Crippen LogP contribution >= 0.6 is 23.2 Å². The highest BCUT2D eigenvalue weighted by atomic mass is 35.5. The standard InChI is InChI=1S/C27H27Cl2N3O3/c1-18-15-22(16-19(2)27(18)29)34-14-13-32-24-6-4-3-5-23(24)31-25(32)11-12-30-26(33)17-35-21-9-7-20(28)8-10-21/h3-10,15-16H,11-14,17H2,1-2H3,(H,30,33). The first-order chi connectivity index (χ1) is 16.9. The summed E-state index contributed by atoms with van der Waals surface area (Å²) in [5.41, 5.74) is 3.93. The van der Waals surface area contributed by atoms with Crippen molar-refractivity contribution >= 4 is 40.1 Å². The maximum absolute atomic E-state index is 12.2. The Morgan fingerprint density at radius 3 is 2.43 bits per heavy atom. The van der Waals surface area contributed by atoms with Crippen LogP contribution < -0.4 is 14.8 Å². The zero-order chi connectivity index (χ0) is 24.8. The lowest BCUT2D eigenvalue weighted by Gasteiger charge is -2.13. The summed E-state index contributed by atoms with van der Waals surface area (Å²) in [6, 6.07) is 18.8. The highest BCUT2D eigenvalue weighted by Crippen LogP contribution is 2.26. The Labute approximate surface area is 214 Å². The highest BCUT2D eigenvalue weighted by Gasteiger charge is 2.12. The van der Waals surface area contributed by atoms with Crippen LogP contribution in [0.15, 0.2) is 60.7 Å². The molecule has 0 aliphatic heterocycles. The summed E-state index contributed by atoms with van der Waals surface area (Å²) in [5, 5.41) is 4.28. The van der Waals surface area contributed by atoms with E-state index in [2.05, 4.69) is 9.88 Å². The number of carbonyl (C=O) groups is 1. The van der Waals surface area contributed by atoms with Crippen molar-refractivity contribution in [1.29, 1.82) is 0 Å². The van der Waals surface area contributed by atoms with Crippen LogP contribution in [0.2, 0.25) is 10.0 Å². The number of benzene rings is 3. The van der Waals surface area contributed by atoms with Gasteiger partial charge in [0.2, 0.25) is 0 Å². The first-order valence-corrected chi connectivity index (χ1v) is 12.1. The summed E-state index contributed by atoms with van der Waals surface area (Å²) in [7, 11) is 0. The van der Waals surface area contributed by atoms with Crippen molar-refractivity contribution < 1.29 is 14.3 Å². The molecule has 0 unspecified atom stereocenters. The number of ether oxygens (including phenoxy) is 2. The van der Waals surface area contributed by atoms with Gasteiger partial charge in [-0.1, -0.05) is 35.3 Å². The molecule has 35 heavy (non-hydrogen) atoms. The maximum Gasteiger partial charge on any atom is 0.257 e. The summed E-state index contributed by atoms with van der Waals surface area (Å²) in [5.74, 6) is 2.08. The van der Waals surface area contributed by atoms with Gasteiger partial charge in [0, 0.05) is 23.0 Å². The number of para-hydroxylation sites is 2. The Kier molecular flexibility index (Phi) is 8.16. The lowest BCUT2D eigenvalue weighted by atomic mass is 10.1. The molecule has 0 fully saturated rings. The average Bonchev–Trinajstić information content (AvgIpc) is 3.19. The number of carbonyl (C=O) groups excluding carboxylic acids is 1. The number of aromatic nitrogens is 2. The Morgan fingerprint density at radius 2 is 1.69 bits per heavy atom. The van der Waals surface area contributed by atoms with Gasteiger partial charge in [-0.2, -0.15) is 0 Å². The molecule has 0 atom stereocenters. The number of amides is 1. The maximum atomic E-state index is 12.2. The number of halogens is 2. The molecular formula is C27H27Cl2N3O3. The quantitative estimate of drug-likeness (QED) is 0.293. The van der Waals surface area contributed by atoms with Crippen molar-refractivity contribution in [2.75, 3.05) is 19.8 Å². The Balaban J connectivity index is 1.34. The van der Waals surface area contributed by atoms with Crippen molar-refractivity contribution in [1.82, 2.24) is 14.9 Å². The fourth-order valence-corrected chi connectivity index (χ4v) is 4.09. The first-order valence-electron chi connectivity index (χ1n) is 11.4. The van der Waals surface area contributed by atoms with Crippen LogP contribution in [-0.4, -0.2) is 35.2 Å². The molecule has 0 bridgehead atoms. The number of nitrogens with zero attached hydrogens (tertiary/aromatic N) is 2. The number of hydrogen-bond donors (Lipinski definition) is 1. The third-order valence-electron chi connectivity index (χ3n) is 5.58. The van der Waals surface area contributed by atoms with E-state index in [0.717, 1.165) is 38.8 Å². The molecule has 3 aromatic carbocycles. The van der Waals surface area contributed by atoms with Gasteiger partial charge in [0.15, 0.2) is 6.61 Å². The van der Waals surface area contributed by atoms with Gasteiger partial charge in [-0.05, 0) is 73.5 Å². The van der Waals surface area contributed by atoms with Crippen LogP contribution in [-0.2, 0) is 17.8 Å². The van der Waals surface area contributed by atoms with E-state index in [0.29, 0.717) is 36.9 Å². The molecule has 1 aromatic heterocycles. The van der Waals surface area contributed by atoms with Crippen LogP contribution in [0.5, 0.6) is 11.5 Å². The Bertz CT molecular complexity index is 1300. The smallest absolute Gasteiger partial charge is 0.257 e. The molecule has 0 saturated heterocycles. The van der Waals surface area contributed by atoms with Crippen molar-refractivity contribution in [3.63, 3.8) is 0 Å². The second kappa shape index (κ2) is 11.5. The third-order valence-corrected chi connectivity index (χ3v) is 6.43. The fraction of sp³-hybridized carbons (Fsp3) is 0.259. The van der Waals surface area contributed by atoms with Gasteiger partial charge < -0.3 is 19.4 Å². The van der Waals surface area contributed by atoms with Crippen molar-refractivity contribution in [3.8, 4) is 11.5 Å². The molecule has 1 heterocycles. The molecule has 0 aliphatic rings. The summed E-state index contributed by atoms with van der Waals surface area (Å²) < 4.78 is 13.7. The van der Waals surface area contributed by atoms with Crippen LogP contribution in [0.3, 0.4) is 0 Å². The van der Waals surface area contributed by atoms with Crippen molar-refractivity contribution in [3.05, 3.63) is 87.7 Å². The number of fused-ring (bicyclic) bond motifs is 1. The van der Waals surface area contributed by atoms with Gasteiger partial charge >= 0.3 is 0 Å². The second-order valence-corrected chi connectivity index (χ2v) is 9.04. The summed E-state index contributed by atoms with van der Waals surface area (Å²) >= 11 is 12.1. The minimum Gasteiger partial charge on any atom is -0.492 e. The zero-order valence-corrected chi connectivity index (χ0v) is 21.2. The fourth-order valence-electron chi connectivity index (χ4n) is 3.85. The van der Waals surface area contributed by atoms with Crippen LogP contribution in [0.25, 0.3) is 11.0 Å². The minimum absolute atomic E-state index is 0.0637. The Morgan fingerprint density at radius 1 is 0.971 bits per heavy atom. The van der Waals surface area contributed by atoms with E-state index < -0.39 is 0 Å². The van der Waals surface area contributed by atoms with Gasteiger partial charge in [0.1, 0.15) is 23.9 Å². The van der Waals surface area contributed by atoms with Crippen LogP contribution in [0.1, 0.15) is 17.0 Å². The predicted octanol–water partition coefficient (Wildman–Crippen LogP) is 5.78. The number of imidazole rings is 1. The SMILES string of the molecule is Cc1cc(OCCn2c(CCNC(=O)COc3ccc(Cl)cc3)nc3ccccc32)cc(C)c1Cl. The van der Waals surface area contributed by atoms with E-state index in [1.807, 2.05) is 50.2 Å². The molecule has 0 spiro atoms. The monoisotopic (exact) mass is 511 g/mol. The number of hydrogen-bond acceptors (Lipinski definition) is 4. The Hall–Kier alpha value is -3.22. The largest absolute Gasteiger partial charge is 0.492 e. The van der Waals surface area contributed by atoms with Crippen molar-refractivity contribution in [2.45, 2.75) is 26.8 Å². The van der Waals surface area contributed by atoms with E-state index in [-0.39, 0.29) is 12.5 Å². The number of nitrogens with one attached hydrogen (secondary N) is 1. The molecule has 6 nitrogen and oxygen atoms in total. The van der Waals surface area contributed by atoms with E-state index in [1.165, 1.54) is 0 Å². The molecule has 4 aromatic rings. The number of rotatable bonds is 10. The topological polar surface area (TPSA) is 65.4 Å². The molecule has 0 aliphatic carbocycles. The lowest BCUT2D eigenvalue weighted by molar-refractivity contribution is -0.123. The summed E-state index contributed by atoms with van der Waals surface area (Å²) in [4.78, 5) is 17.0. The van der Waals surface area contributed by atoms with Gasteiger partial charge in [0.25, 0.3) is 5.91 Å². The second-order valence-electron chi connectivity index (χ2n) is 8.23. The average molecular weight is 512 g/mol. The zero-order valence-electron chi connectivity index (χ0n) is 19.7. The van der Waals surface area contributed by atoms with E-state index in [4.69, 9.17) is 37.7 Å². The van der Waals surface area contributed by atoms with E-state index in [9.17, 15) is 4.79 Å². The lowest BCUT2D eigenvalue weighted by Crippen LogP contribution is -2.31. The first kappa shape index (κ1) is 24.9. The van der Waals surface area contributed by atoms with Gasteiger partial charge in [-0.25, -0.2) is 4.98 Å². The number of aryl methyl sites for hydroxylation is 2. The van der Waals surface area contributed by atoms with Gasteiger partial charge in [0.05, 0.1) is 17.6 Å². The normalized spacial score (nSPS) is 11.0. The molecule has 1 N–H and O–H groups in total. The van der Waals surface area contributed by atoms with Gasteiger partial charge in [-0.3, -0.25) is 4.79 Å². The molecule has 0 radical (unpaired) electrons. The predicted molar refractivity (Wildman–Crippen MR) is 140 cm³/mol. The van der Waals surface area contributed by atoms with E-state index in [1.54, 1.807) is 24.3 Å². The molecule has 4 rings (SSSR count). The molecule has 0 saturated carbocycles. The molecule has 8 heteroatoms. The third kappa shape index (κ3) is 6.47. The minimum atomic E-state index is -0.195.